The third-order valence-corrected chi connectivity index (χ3v) is 2.95. The van der Waals surface area contributed by atoms with Crippen LogP contribution in [-0.2, 0) is 4.79 Å². The summed E-state index contributed by atoms with van der Waals surface area (Å²) in [5.74, 6) is 2.87. The van der Waals surface area contributed by atoms with Crippen molar-refractivity contribution in [1.29, 1.82) is 0 Å². The third-order valence-electron chi connectivity index (χ3n) is 1.90. The fourth-order valence-electron chi connectivity index (χ4n) is 1.16. The average Bonchev–Trinajstić information content (AvgIpc) is 2.05. The molecular formula is C8H12OS. The highest BCUT2D eigenvalue weighted by Crippen LogP contribution is 2.26. The van der Waals surface area contributed by atoms with Crippen LogP contribution < -0.4 is 0 Å². The lowest BCUT2D eigenvalue weighted by molar-refractivity contribution is -0.105. The number of hydrogen-bond donors (Lipinski definition) is 0. The van der Waals surface area contributed by atoms with Crippen molar-refractivity contribution in [3.05, 3.63) is 12.2 Å². The van der Waals surface area contributed by atoms with Gasteiger partial charge in [-0.2, -0.15) is 11.8 Å². The molecule has 0 unspecified atom stereocenters. The molecule has 0 amide bonds. The molecule has 0 atom stereocenters. The van der Waals surface area contributed by atoms with Crippen molar-refractivity contribution in [1.82, 2.24) is 0 Å². The van der Waals surface area contributed by atoms with E-state index < -0.39 is 0 Å². The smallest absolute Gasteiger partial charge is 0.145 e. The van der Waals surface area contributed by atoms with Gasteiger partial charge in [-0.1, -0.05) is 6.58 Å². The van der Waals surface area contributed by atoms with Gasteiger partial charge in [-0.3, -0.25) is 4.79 Å². The van der Waals surface area contributed by atoms with Gasteiger partial charge < -0.3 is 0 Å². The number of aldehydes is 1. The molecule has 1 heterocycles. The standard InChI is InChI=1S/C8H12OS/c1-7(6-9)8-2-4-10-5-3-8/h6,8H,1-5H2. The second-order valence-electron chi connectivity index (χ2n) is 2.58. The second kappa shape index (κ2) is 3.81. The Morgan fingerprint density at radius 3 is 2.60 bits per heavy atom. The molecule has 1 nitrogen and oxygen atoms in total. The summed E-state index contributed by atoms with van der Waals surface area (Å²) in [5.41, 5.74) is 0.792. The van der Waals surface area contributed by atoms with Crippen LogP contribution >= 0.6 is 11.8 Å². The molecule has 56 valence electrons. The monoisotopic (exact) mass is 156 g/mol. The predicted octanol–water partition coefficient (Wildman–Crippen LogP) is 1.88. The summed E-state index contributed by atoms with van der Waals surface area (Å²) in [4.78, 5) is 10.3. The van der Waals surface area contributed by atoms with E-state index in [1.807, 2.05) is 11.8 Å². The number of rotatable bonds is 2. The normalized spacial score (nSPS) is 20.4. The average molecular weight is 156 g/mol. The first-order chi connectivity index (χ1) is 4.84. The largest absolute Gasteiger partial charge is 0.298 e. The molecule has 10 heavy (non-hydrogen) atoms. The van der Waals surface area contributed by atoms with Crippen LogP contribution in [0, 0.1) is 5.92 Å². The summed E-state index contributed by atoms with van der Waals surface area (Å²) in [5, 5.41) is 0. The van der Waals surface area contributed by atoms with Gasteiger partial charge in [0.1, 0.15) is 6.29 Å². The lowest BCUT2D eigenvalue weighted by atomic mass is 9.96. The molecule has 0 aromatic rings. The predicted molar refractivity (Wildman–Crippen MR) is 45.3 cm³/mol. The third kappa shape index (κ3) is 1.87. The molecule has 0 aromatic carbocycles. The van der Waals surface area contributed by atoms with Crippen molar-refractivity contribution >= 4 is 18.0 Å². The summed E-state index contributed by atoms with van der Waals surface area (Å²) in [6.07, 6.45) is 3.19. The fourth-order valence-corrected chi connectivity index (χ4v) is 2.27. The summed E-state index contributed by atoms with van der Waals surface area (Å²) < 4.78 is 0. The molecule has 0 saturated carbocycles. The molecule has 1 fully saturated rings. The van der Waals surface area contributed by atoms with E-state index in [4.69, 9.17) is 0 Å². The molecule has 2 heteroatoms. The lowest BCUT2D eigenvalue weighted by Crippen LogP contribution is -2.11. The molecule has 0 spiro atoms. The zero-order chi connectivity index (χ0) is 7.40. The Hall–Kier alpha value is -0.240. The Morgan fingerprint density at radius 2 is 2.10 bits per heavy atom. The van der Waals surface area contributed by atoms with Crippen molar-refractivity contribution < 1.29 is 4.79 Å². The van der Waals surface area contributed by atoms with Gasteiger partial charge in [-0.05, 0) is 35.8 Å². The maximum Gasteiger partial charge on any atom is 0.145 e. The molecule has 0 aliphatic carbocycles. The Kier molecular flexibility index (Phi) is 3.00. The van der Waals surface area contributed by atoms with Crippen LogP contribution in [0.1, 0.15) is 12.8 Å². The second-order valence-corrected chi connectivity index (χ2v) is 3.80. The minimum Gasteiger partial charge on any atom is -0.298 e. The first-order valence-corrected chi connectivity index (χ1v) is 4.72. The van der Waals surface area contributed by atoms with Crippen LogP contribution in [0.3, 0.4) is 0 Å². The first kappa shape index (κ1) is 7.86. The van der Waals surface area contributed by atoms with Gasteiger partial charge in [0.05, 0.1) is 0 Å². The Labute approximate surface area is 65.9 Å². The minimum atomic E-state index is 0.485. The van der Waals surface area contributed by atoms with Gasteiger partial charge >= 0.3 is 0 Å². The molecule has 0 N–H and O–H groups in total. The maximum atomic E-state index is 10.3. The molecule has 1 saturated heterocycles. The van der Waals surface area contributed by atoms with Gasteiger partial charge in [0, 0.05) is 0 Å². The fraction of sp³-hybridized carbons (Fsp3) is 0.625. The van der Waals surface area contributed by atoms with Crippen LogP contribution in [-0.4, -0.2) is 17.8 Å². The molecule has 1 rings (SSSR count). The Bertz CT molecular complexity index is 136. The summed E-state index contributed by atoms with van der Waals surface area (Å²) in [7, 11) is 0. The van der Waals surface area contributed by atoms with E-state index in [0.29, 0.717) is 5.92 Å². The van der Waals surface area contributed by atoms with Crippen molar-refractivity contribution in [3.8, 4) is 0 Å². The number of thioether (sulfide) groups is 1. The van der Waals surface area contributed by atoms with Crippen LogP contribution in [0.4, 0.5) is 0 Å². The zero-order valence-corrected chi connectivity index (χ0v) is 6.82. The van der Waals surface area contributed by atoms with E-state index in [9.17, 15) is 4.79 Å². The van der Waals surface area contributed by atoms with Gasteiger partial charge in [-0.15, -0.1) is 0 Å². The highest BCUT2D eigenvalue weighted by Gasteiger charge is 2.15. The molecule has 0 radical (unpaired) electrons. The highest BCUT2D eigenvalue weighted by atomic mass is 32.2. The highest BCUT2D eigenvalue weighted by molar-refractivity contribution is 7.99. The van der Waals surface area contributed by atoms with E-state index in [0.717, 1.165) is 24.7 Å². The molecule has 1 aliphatic heterocycles. The van der Waals surface area contributed by atoms with Gasteiger partial charge in [0.25, 0.3) is 0 Å². The van der Waals surface area contributed by atoms with Crippen molar-refractivity contribution in [2.75, 3.05) is 11.5 Å². The van der Waals surface area contributed by atoms with E-state index in [1.165, 1.54) is 11.5 Å². The zero-order valence-electron chi connectivity index (χ0n) is 6.01. The van der Waals surface area contributed by atoms with Crippen LogP contribution in [0.5, 0.6) is 0 Å². The molecule has 0 aromatic heterocycles. The lowest BCUT2D eigenvalue weighted by Gasteiger charge is -2.20. The van der Waals surface area contributed by atoms with E-state index in [2.05, 4.69) is 6.58 Å². The summed E-state index contributed by atoms with van der Waals surface area (Å²) >= 11 is 1.97. The van der Waals surface area contributed by atoms with Gasteiger partial charge in [-0.25, -0.2) is 0 Å². The topological polar surface area (TPSA) is 17.1 Å². The van der Waals surface area contributed by atoms with Crippen LogP contribution in [0.15, 0.2) is 12.2 Å². The minimum absolute atomic E-state index is 0.485. The summed E-state index contributed by atoms with van der Waals surface area (Å²) in [6.45, 7) is 3.72. The Morgan fingerprint density at radius 1 is 1.50 bits per heavy atom. The number of allylic oxidation sites excluding steroid dienone is 1. The molecule has 1 aliphatic rings. The van der Waals surface area contributed by atoms with E-state index in [-0.39, 0.29) is 0 Å². The number of hydrogen-bond acceptors (Lipinski definition) is 2. The number of carbonyl (C=O) groups excluding carboxylic acids is 1. The van der Waals surface area contributed by atoms with Gasteiger partial charge in [0.2, 0.25) is 0 Å². The summed E-state index contributed by atoms with van der Waals surface area (Å²) in [6, 6.07) is 0. The van der Waals surface area contributed by atoms with E-state index in [1.54, 1.807) is 0 Å². The molecular weight excluding hydrogens is 144 g/mol. The number of carbonyl (C=O) groups is 1. The first-order valence-electron chi connectivity index (χ1n) is 3.56. The quantitative estimate of drug-likeness (QED) is 0.448. The van der Waals surface area contributed by atoms with Crippen molar-refractivity contribution in [2.24, 2.45) is 5.92 Å². The van der Waals surface area contributed by atoms with Gasteiger partial charge in [0.15, 0.2) is 0 Å². The van der Waals surface area contributed by atoms with Crippen LogP contribution in [0.2, 0.25) is 0 Å². The van der Waals surface area contributed by atoms with E-state index >= 15 is 0 Å². The maximum absolute atomic E-state index is 10.3. The SMILES string of the molecule is C=C(C=O)C1CCSCC1. The van der Waals surface area contributed by atoms with Crippen LogP contribution in [0.25, 0.3) is 0 Å². The van der Waals surface area contributed by atoms with Crippen molar-refractivity contribution in [2.45, 2.75) is 12.8 Å². The Balaban J connectivity index is 2.38. The van der Waals surface area contributed by atoms with Crippen molar-refractivity contribution in [3.63, 3.8) is 0 Å². The molecule has 0 bridgehead atoms.